The molecule has 0 fully saturated rings. The molecule has 0 aliphatic rings. The van der Waals surface area contributed by atoms with Crippen molar-refractivity contribution in [1.29, 1.82) is 0 Å². The first-order valence-electron chi connectivity index (χ1n) is 7.16. The van der Waals surface area contributed by atoms with Crippen molar-refractivity contribution >= 4 is 18.3 Å². The number of halogens is 1. The van der Waals surface area contributed by atoms with Crippen LogP contribution in [-0.2, 0) is 4.79 Å². The van der Waals surface area contributed by atoms with Gasteiger partial charge >= 0.3 is 0 Å². The molecule has 0 aliphatic heterocycles. The van der Waals surface area contributed by atoms with Gasteiger partial charge in [-0.15, -0.1) is 12.4 Å². The number of hydrogen-bond donors (Lipinski definition) is 2. The number of nitrogens with two attached hydrogens (primary N) is 1. The van der Waals surface area contributed by atoms with Crippen molar-refractivity contribution in [3.8, 4) is 5.75 Å². The van der Waals surface area contributed by atoms with E-state index in [1.54, 1.807) is 0 Å². The molecule has 3 N–H and O–H groups in total. The third kappa shape index (κ3) is 6.36. The largest absolute Gasteiger partial charge is 0.484 e. The van der Waals surface area contributed by atoms with Crippen LogP contribution >= 0.6 is 12.4 Å². The van der Waals surface area contributed by atoms with Crippen LogP contribution in [0.15, 0.2) is 18.2 Å². The van der Waals surface area contributed by atoms with Crippen LogP contribution in [0.4, 0.5) is 0 Å². The molecule has 21 heavy (non-hydrogen) atoms. The standard InChI is InChI=1S/C16H26N2O2.ClH/c1-5-16(17,6-2)11-18-15(19)10-20-14-8-7-12(3)13(4)9-14;/h7-9H,5-6,10-11,17H2,1-4H3,(H,18,19);1H. The lowest BCUT2D eigenvalue weighted by Crippen LogP contribution is -2.50. The Morgan fingerprint density at radius 2 is 1.86 bits per heavy atom. The fraction of sp³-hybridized carbons (Fsp3) is 0.562. The van der Waals surface area contributed by atoms with E-state index < -0.39 is 0 Å². The number of rotatable bonds is 7. The first kappa shape index (κ1) is 19.7. The average molecular weight is 315 g/mol. The Balaban J connectivity index is 0.00000400. The van der Waals surface area contributed by atoms with E-state index in [0.717, 1.165) is 18.4 Å². The molecule has 5 heteroatoms. The minimum Gasteiger partial charge on any atom is -0.484 e. The molecule has 120 valence electrons. The summed E-state index contributed by atoms with van der Waals surface area (Å²) in [6.45, 7) is 8.62. The van der Waals surface area contributed by atoms with E-state index >= 15 is 0 Å². The lowest BCUT2D eigenvalue weighted by atomic mass is 9.94. The van der Waals surface area contributed by atoms with Crippen molar-refractivity contribution in [3.05, 3.63) is 29.3 Å². The van der Waals surface area contributed by atoms with Gasteiger partial charge in [0.15, 0.2) is 6.61 Å². The van der Waals surface area contributed by atoms with Crippen molar-refractivity contribution in [2.45, 2.75) is 46.1 Å². The third-order valence-corrected chi connectivity index (χ3v) is 3.89. The van der Waals surface area contributed by atoms with Crippen LogP contribution in [0.1, 0.15) is 37.8 Å². The predicted octanol–water partition coefficient (Wildman–Crippen LogP) is 2.74. The maximum Gasteiger partial charge on any atom is 0.258 e. The highest BCUT2D eigenvalue weighted by Gasteiger charge is 2.20. The van der Waals surface area contributed by atoms with Gasteiger partial charge in [-0.25, -0.2) is 0 Å². The van der Waals surface area contributed by atoms with Crippen LogP contribution in [-0.4, -0.2) is 24.6 Å². The van der Waals surface area contributed by atoms with Gasteiger partial charge in [-0.2, -0.15) is 0 Å². The second-order valence-corrected chi connectivity index (χ2v) is 5.38. The zero-order valence-electron chi connectivity index (χ0n) is 13.4. The maximum absolute atomic E-state index is 11.8. The number of nitrogens with one attached hydrogen (secondary N) is 1. The molecule has 0 saturated heterocycles. The van der Waals surface area contributed by atoms with Gasteiger partial charge in [0.25, 0.3) is 5.91 Å². The highest BCUT2D eigenvalue weighted by atomic mass is 35.5. The van der Waals surface area contributed by atoms with E-state index in [2.05, 4.69) is 5.32 Å². The van der Waals surface area contributed by atoms with Gasteiger partial charge in [-0.3, -0.25) is 4.79 Å². The summed E-state index contributed by atoms with van der Waals surface area (Å²) < 4.78 is 5.48. The molecule has 0 atom stereocenters. The van der Waals surface area contributed by atoms with Crippen LogP contribution < -0.4 is 15.8 Å². The summed E-state index contributed by atoms with van der Waals surface area (Å²) in [6.07, 6.45) is 1.67. The second-order valence-electron chi connectivity index (χ2n) is 5.38. The molecular weight excluding hydrogens is 288 g/mol. The predicted molar refractivity (Wildman–Crippen MR) is 89.2 cm³/mol. The molecule has 0 heterocycles. The van der Waals surface area contributed by atoms with Crippen molar-refractivity contribution in [1.82, 2.24) is 5.32 Å². The number of hydrogen-bond acceptors (Lipinski definition) is 3. The first-order valence-corrected chi connectivity index (χ1v) is 7.16. The summed E-state index contributed by atoms with van der Waals surface area (Å²) in [5.74, 6) is 0.577. The van der Waals surface area contributed by atoms with Crippen LogP contribution in [0, 0.1) is 13.8 Å². The average Bonchev–Trinajstić information content (AvgIpc) is 2.46. The van der Waals surface area contributed by atoms with Gasteiger partial charge in [0.05, 0.1) is 0 Å². The first-order chi connectivity index (χ1) is 9.40. The Hall–Kier alpha value is -1.26. The zero-order valence-corrected chi connectivity index (χ0v) is 14.2. The summed E-state index contributed by atoms with van der Waals surface area (Å²) in [7, 11) is 0. The van der Waals surface area contributed by atoms with Crippen LogP contribution in [0.5, 0.6) is 5.75 Å². The molecule has 0 saturated carbocycles. The molecule has 1 rings (SSSR count). The number of amides is 1. The molecule has 1 aromatic carbocycles. The number of ether oxygens (including phenoxy) is 1. The summed E-state index contributed by atoms with van der Waals surface area (Å²) in [6, 6.07) is 5.80. The Labute approximate surface area is 133 Å². The minimum absolute atomic E-state index is 0. The summed E-state index contributed by atoms with van der Waals surface area (Å²) >= 11 is 0. The van der Waals surface area contributed by atoms with Crippen LogP contribution in [0.3, 0.4) is 0 Å². The Morgan fingerprint density at radius 1 is 1.24 bits per heavy atom. The maximum atomic E-state index is 11.8. The van der Waals surface area contributed by atoms with Crippen molar-refractivity contribution in [2.75, 3.05) is 13.2 Å². The van der Waals surface area contributed by atoms with E-state index in [0.29, 0.717) is 12.3 Å². The summed E-state index contributed by atoms with van der Waals surface area (Å²) in [5.41, 5.74) is 8.17. The quantitative estimate of drug-likeness (QED) is 0.813. The molecule has 1 amide bonds. The monoisotopic (exact) mass is 314 g/mol. The van der Waals surface area contributed by atoms with Crippen molar-refractivity contribution < 1.29 is 9.53 Å². The molecule has 0 aromatic heterocycles. The van der Waals surface area contributed by atoms with Crippen LogP contribution in [0.25, 0.3) is 0 Å². The molecule has 0 aliphatic carbocycles. The van der Waals surface area contributed by atoms with Gasteiger partial charge in [0.2, 0.25) is 0 Å². The fourth-order valence-corrected chi connectivity index (χ4v) is 1.78. The molecule has 0 bridgehead atoms. The fourth-order valence-electron chi connectivity index (χ4n) is 1.78. The molecular formula is C16H27ClN2O2. The van der Waals surface area contributed by atoms with E-state index in [1.807, 2.05) is 45.9 Å². The molecule has 0 spiro atoms. The number of carbonyl (C=O) groups excluding carboxylic acids is 1. The number of benzene rings is 1. The normalized spacial score (nSPS) is 10.7. The Kier molecular flexibility index (Phi) is 8.37. The number of carbonyl (C=O) groups is 1. The topological polar surface area (TPSA) is 64.3 Å². The Morgan fingerprint density at radius 3 is 2.38 bits per heavy atom. The molecule has 1 aromatic rings. The summed E-state index contributed by atoms with van der Waals surface area (Å²) in [5, 5.41) is 2.83. The van der Waals surface area contributed by atoms with Gasteiger partial charge < -0.3 is 15.8 Å². The molecule has 4 nitrogen and oxygen atoms in total. The smallest absolute Gasteiger partial charge is 0.258 e. The second kappa shape index (κ2) is 8.90. The van der Waals surface area contributed by atoms with E-state index in [4.69, 9.17) is 10.5 Å². The Bertz CT molecular complexity index is 460. The lowest BCUT2D eigenvalue weighted by molar-refractivity contribution is -0.123. The van der Waals surface area contributed by atoms with E-state index in [1.165, 1.54) is 5.56 Å². The van der Waals surface area contributed by atoms with E-state index in [-0.39, 0.29) is 30.5 Å². The SMILES string of the molecule is CCC(N)(CC)CNC(=O)COc1ccc(C)c(C)c1.Cl. The van der Waals surface area contributed by atoms with Crippen molar-refractivity contribution in [3.63, 3.8) is 0 Å². The third-order valence-electron chi connectivity index (χ3n) is 3.89. The number of aryl methyl sites for hydroxylation is 2. The summed E-state index contributed by atoms with van der Waals surface area (Å²) in [4.78, 5) is 11.8. The van der Waals surface area contributed by atoms with Crippen molar-refractivity contribution in [2.24, 2.45) is 5.73 Å². The minimum atomic E-state index is -0.323. The highest BCUT2D eigenvalue weighted by molar-refractivity contribution is 5.85. The highest BCUT2D eigenvalue weighted by Crippen LogP contribution is 2.16. The van der Waals surface area contributed by atoms with Gasteiger partial charge in [0.1, 0.15) is 5.75 Å². The van der Waals surface area contributed by atoms with Gasteiger partial charge in [-0.05, 0) is 49.9 Å². The van der Waals surface area contributed by atoms with Gasteiger partial charge in [-0.1, -0.05) is 19.9 Å². The molecule has 0 radical (unpaired) electrons. The van der Waals surface area contributed by atoms with E-state index in [9.17, 15) is 4.79 Å². The van der Waals surface area contributed by atoms with Crippen LogP contribution in [0.2, 0.25) is 0 Å². The molecule has 0 unspecified atom stereocenters. The lowest BCUT2D eigenvalue weighted by Gasteiger charge is -2.26. The zero-order chi connectivity index (χ0) is 15.2. The van der Waals surface area contributed by atoms with Gasteiger partial charge in [0, 0.05) is 12.1 Å².